The van der Waals surface area contributed by atoms with Crippen LogP contribution in [0.1, 0.15) is 49.7 Å². The number of nitrogens with zero attached hydrogens (tertiary/aromatic N) is 1. The first-order chi connectivity index (χ1) is 12.5. The van der Waals surface area contributed by atoms with Gasteiger partial charge in [0.1, 0.15) is 0 Å². The van der Waals surface area contributed by atoms with Crippen LogP contribution in [-0.2, 0) is 14.3 Å². The van der Waals surface area contributed by atoms with Gasteiger partial charge in [-0.3, -0.25) is 9.59 Å². The smallest absolute Gasteiger partial charge is 0.224 e. The van der Waals surface area contributed by atoms with Crippen LogP contribution >= 0.6 is 0 Å². The van der Waals surface area contributed by atoms with E-state index < -0.39 is 0 Å². The van der Waals surface area contributed by atoms with Gasteiger partial charge in [-0.2, -0.15) is 0 Å². The van der Waals surface area contributed by atoms with Crippen molar-refractivity contribution in [2.45, 2.75) is 52.4 Å². The van der Waals surface area contributed by atoms with Crippen LogP contribution in [0.3, 0.4) is 0 Å². The monoisotopic (exact) mass is 358 g/mol. The second kappa shape index (κ2) is 8.21. The lowest BCUT2D eigenvalue weighted by molar-refractivity contribution is -0.138. The first kappa shape index (κ1) is 18.9. The van der Waals surface area contributed by atoms with E-state index in [0.717, 1.165) is 31.4 Å². The molecule has 0 atom stereocenters. The van der Waals surface area contributed by atoms with Gasteiger partial charge in [-0.25, -0.2) is 0 Å². The number of morpholine rings is 1. The third-order valence-electron chi connectivity index (χ3n) is 5.88. The number of aryl methyl sites for hydroxylation is 2. The second-order valence-electron chi connectivity index (χ2n) is 7.90. The van der Waals surface area contributed by atoms with E-state index in [1.807, 2.05) is 30.0 Å². The average molecular weight is 358 g/mol. The average Bonchev–Trinajstić information content (AvgIpc) is 3.06. The number of hydrogen-bond donors (Lipinski definition) is 1. The fourth-order valence-corrected chi connectivity index (χ4v) is 4.15. The molecule has 0 unspecified atom stereocenters. The molecule has 1 aliphatic carbocycles. The zero-order chi connectivity index (χ0) is 18.6. The van der Waals surface area contributed by atoms with Crippen LogP contribution in [0.25, 0.3) is 0 Å². The third kappa shape index (κ3) is 4.64. The van der Waals surface area contributed by atoms with Crippen LogP contribution in [0.2, 0.25) is 0 Å². The van der Waals surface area contributed by atoms with Crippen LogP contribution < -0.4 is 5.32 Å². The molecule has 1 saturated carbocycles. The number of rotatable bonds is 5. The molecular weight excluding hydrogens is 328 g/mol. The van der Waals surface area contributed by atoms with E-state index in [1.54, 1.807) is 0 Å². The summed E-state index contributed by atoms with van der Waals surface area (Å²) in [4.78, 5) is 27.3. The Morgan fingerprint density at radius 1 is 1.08 bits per heavy atom. The molecule has 0 aromatic heterocycles. The minimum atomic E-state index is -0.181. The molecule has 0 spiro atoms. The Bertz CT molecular complexity index is 659. The molecule has 1 saturated heterocycles. The summed E-state index contributed by atoms with van der Waals surface area (Å²) in [5.41, 5.74) is 3.04. The summed E-state index contributed by atoms with van der Waals surface area (Å²) in [7, 11) is 0. The van der Waals surface area contributed by atoms with Crippen molar-refractivity contribution in [1.29, 1.82) is 0 Å². The van der Waals surface area contributed by atoms with Crippen LogP contribution in [0, 0.1) is 19.3 Å². The summed E-state index contributed by atoms with van der Waals surface area (Å²) in [6, 6.07) is 5.98. The lowest BCUT2D eigenvalue weighted by Crippen LogP contribution is -2.43. The van der Waals surface area contributed by atoms with E-state index in [4.69, 9.17) is 4.74 Å². The molecule has 0 bridgehead atoms. The van der Waals surface area contributed by atoms with E-state index in [2.05, 4.69) is 12.2 Å². The van der Waals surface area contributed by atoms with Gasteiger partial charge in [-0.15, -0.1) is 0 Å². The maximum Gasteiger partial charge on any atom is 0.224 e. The molecule has 2 fully saturated rings. The van der Waals surface area contributed by atoms with Crippen molar-refractivity contribution in [3.63, 3.8) is 0 Å². The molecule has 1 N–H and O–H groups in total. The minimum Gasteiger partial charge on any atom is -0.378 e. The van der Waals surface area contributed by atoms with Crippen molar-refractivity contribution in [1.82, 2.24) is 4.90 Å². The zero-order valence-corrected chi connectivity index (χ0v) is 16.0. The van der Waals surface area contributed by atoms with Crippen molar-refractivity contribution >= 4 is 17.5 Å². The normalized spacial score (nSPS) is 19.4. The van der Waals surface area contributed by atoms with E-state index in [1.165, 1.54) is 11.1 Å². The van der Waals surface area contributed by atoms with Crippen molar-refractivity contribution in [2.24, 2.45) is 5.41 Å². The van der Waals surface area contributed by atoms with Crippen molar-refractivity contribution in [2.75, 3.05) is 31.6 Å². The molecule has 26 heavy (non-hydrogen) atoms. The van der Waals surface area contributed by atoms with Gasteiger partial charge in [0.15, 0.2) is 0 Å². The second-order valence-corrected chi connectivity index (χ2v) is 7.90. The Labute approximate surface area is 156 Å². The summed E-state index contributed by atoms with van der Waals surface area (Å²) < 4.78 is 5.34. The van der Waals surface area contributed by atoms with Gasteiger partial charge in [0, 0.05) is 31.6 Å². The van der Waals surface area contributed by atoms with E-state index in [9.17, 15) is 9.59 Å². The minimum absolute atomic E-state index is 0.0185. The number of carbonyl (C=O) groups is 2. The van der Waals surface area contributed by atoms with Crippen LogP contribution in [0.5, 0.6) is 0 Å². The molecule has 2 amide bonds. The fourth-order valence-electron chi connectivity index (χ4n) is 4.15. The largest absolute Gasteiger partial charge is 0.378 e. The quantitative estimate of drug-likeness (QED) is 0.877. The lowest BCUT2D eigenvalue weighted by atomic mass is 9.78. The van der Waals surface area contributed by atoms with Gasteiger partial charge < -0.3 is 15.0 Å². The molecule has 2 aliphatic rings. The highest BCUT2D eigenvalue weighted by atomic mass is 16.5. The summed E-state index contributed by atoms with van der Waals surface area (Å²) in [6.45, 7) is 6.68. The lowest BCUT2D eigenvalue weighted by Gasteiger charge is -2.33. The predicted octanol–water partition coefficient (Wildman–Crippen LogP) is 3.44. The Balaban J connectivity index is 1.62. The Morgan fingerprint density at radius 2 is 1.77 bits per heavy atom. The van der Waals surface area contributed by atoms with Gasteiger partial charge in [0.2, 0.25) is 11.8 Å². The summed E-state index contributed by atoms with van der Waals surface area (Å²) >= 11 is 0. The van der Waals surface area contributed by atoms with Gasteiger partial charge >= 0.3 is 0 Å². The van der Waals surface area contributed by atoms with Gasteiger partial charge in [0.05, 0.1) is 13.2 Å². The summed E-state index contributed by atoms with van der Waals surface area (Å²) in [6.07, 6.45) is 5.04. The summed E-state index contributed by atoms with van der Waals surface area (Å²) in [5, 5.41) is 3.03. The molecular formula is C21H30N2O3. The van der Waals surface area contributed by atoms with Gasteiger partial charge in [-0.05, 0) is 55.4 Å². The van der Waals surface area contributed by atoms with E-state index in [0.29, 0.717) is 39.1 Å². The molecule has 0 radical (unpaired) electrons. The molecule has 5 nitrogen and oxygen atoms in total. The highest BCUT2D eigenvalue weighted by Gasteiger charge is 2.39. The number of benzene rings is 1. The predicted molar refractivity (Wildman–Crippen MR) is 102 cm³/mol. The zero-order valence-electron chi connectivity index (χ0n) is 16.0. The number of amides is 2. The Morgan fingerprint density at radius 3 is 2.42 bits per heavy atom. The van der Waals surface area contributed by atoms with Crippen LogP contribution in [-0.4, -0.2) is 43.0 Å². The number of ether oxygens (including phenoxy) is 1. The van der Waals surface area contributed by atoms with Crippen molar-refractivity contribution in [3.05, 3.63) is 29.3 Å². The highest BCUT2D eigenvalue weighted by molar-refractivity contribution is 5.92. The maximum atomic E-state index is 12.7. The Kier molecular flexibility index (Phi) is 5.97. The number of carbonyl (C=O) groups excluding carboxylic acids is 2. The summed E-state index contributed by atoms with van der Waals surface area (Å²) in [5.74, 6) is 0.194. The number of nitrogens with one attached hydrogen (secondary N) is 1. The SMILES string of the molecule is Cc1ccc(NC(=O)CC2(CC(=O)N3CCOCC3)CCCC2)cc1C. The van der Waals surface area contributed by atoms with E-state index >= 15 is 0 Å². The molecule has 5 heteroatoms. The maximum absolute atomic E-state index is 12.7. The third-order valence-corrected chi connectivity index (χ3v) is 5.88. The van der Waals surface area contributed by atoms with Crippen LogP contribution in [0.15, 0.2) is 18.2 Å². The molecule has 1 aliphatic heterocycles. The first-order valence-electron chi connectivity index (χ1n) is 9.70. The molecule has 142 valence electrons. The number of hydrogen-bond acceptors (Lipinski definition) is 3. The van der Waals surface area contributed by atoms with Crippen molar-refractivity contribution in [3.8, 4) is 0 Å². The fraction of sp³-hybridized carbons (Fsp3) is 0.619. The Hall–Kier alpha value is -1.88. The van der Waals surface area contributed by atoms with Gasteiger partial charge in [-0.1, -0.05) is 18.9 Å². The molecule has 1 aromatic carbocycles. The van der Waals surface area contributed by atoms with Crippen LogP contribution in [0.4, 0.5) is 5.69 Å². The molecule has 3 rings (SSSR count). The standard InChI is InChI=1S/C21H30N2O3/c1-16-5-6-18(13-17(16)2)22-19(24)14-21(7-3-4-8-21)15-20(25)23-9-11-26-12-10-23/h5-6,13H,3-4,7-12,14-15H2,1-2H3,(H,22,24). The number of anilines is 1. The highest BCUT2D eigenvalue weighted by Crippen LogP contribution is 2.44. The first-order valence-corrected chi connectivity index (χ1v) is 9.70. The molecule has 1 aromatic rings. The van der Waals surface area contributed by atoms with E-state index in [-0.39, 0.29) is 17.2 Å². The topological polar surface area (TPSA) is 58.6 Å². The molecule has 1 heterocycles. The van der Waals surface area contributed by atoms with Gasteiger partial charge in [0.25, 0.3) is 0 Å². The van der Waals surface area contributed by atoms with Crippen molar-refractivity contribution < 1.29 is 14.3 Å².